The topological polar surface area (TPSA) is 67.4 Å². The highest BCUT2D eigenvalue weighted by Gasteiger charge is 2.12. The number of nitrogens with one attached hydrogen (secondary N) is 2. The van der Waals surface area contributed by atoms with E-state index in [0.29, 0.717) is 23.5 Å². The molecule has 0 fully saturated rings. The van der Waals surface area contributed by atoms with Crippen LogP contribution in [0.2, 0.25) is 0 Å². The monoisotopic (exact) mass is 376 g/mol. The molecule has 2 rings (SSSR count). The van der Waals surface area contributed by atoms with E-state index in [4.69, 9.17) is 4.74 Å². The molecule has 0 spiro atoms. The van der Waals surface area contributed by atoms with Crippen LogP contribution in [-0.4, -0.2) is 25.0 Å². The van der Waals surface area contributed by atoms with Crippen LogP contribution in [0.1, 0.15) is 17.3 Å². The number of amides is 2. The van der Waals surface area contributed by atoms with Crippen molar-refractivity contribution in [3.8, 4) is 5.75 Å². The fourth-order valence-corrected chi connectivity index (χ4v) is 2.17. The van der Waals surface area contributed by atoms with Crippen LogP contribution in [-0.2, 0) is 4.79 Å². The lowest BCUT2D eigenvalue weighted by Crippen LogP contribution is -2.25. The van der Waals surface area contributed by atoms with Gasteiger partial charge >= 0.3 is 0 Å². The third-order valence-corrected chi connectivity index (χ3v) is 3.48. The second-order valence-electron chi connectivity index (χ2n) is 4.70. The maximum Gasteiger partial charge on any atom is 0.262 e. The van der Waals surface area contributed by atoms with E-state index in [1.807, 2.05) is 19.1 Å². The maximum atomic E-state index is 11.9. The highest BCUT2D eigenvalue weighted by Crippen LogP contribution is 2.18. The molecular formula is C17H17BrN2O3. The van der Waals surface area contributed by atoms with E-state index >= 15 is 0 Å². The number of halogens is 1. The zero-order chi connectivity index (χ0) is 16.7. The number of benzene rings is 2. The molecule has 0 radical (unpaired) electrons. The summed E-state index contributed by atoms with van der Waals surface area (Å²) in [6, 6.07) is 14.1. The van der Waals surface area contributed by atoms with Crippen LogP contribution in [0.3, 0.4) is 0 Å². The minimum atomic E-state index is -0.293. The van der Waals surface area contributed by atoms with Crippen molar-refractivity contribution in [3.63, 3.8) is 0 Å². The van der Waals surface area contributed by atoms with E-state index in [2.05, 4.69) is 26.6 Å². The molecule has 0 unspecified atom stereocenters. The highest BCUT2D eigenvalue weighted by atomic mass is 79.9. The van der Waals surface area contributed by atoms with Gasteiger partial charge in [0, 0.05) is 16.7 Å². The molecule has 2 aromatic carbocycles. The van der Waals surface area contributed by atoms with Gasteiger partial charge in [0.25, 0.3) is 11.8 Å². The largest absolute Gasteiger partial charge is 0.483 e. The number of hydrogen-bond acceptors (Lipinski definition) is 3. The standard InChI is InChI=1S/C17H17BrN2O3/c1-2-19-17(22)14-5-3-4-6-15(14)23-11-16(21)20-13-9-7-12(18)8-10-13/h3-10H,2,11H2,1H3,(H,19,22)(H,20,21). The number of carbonyl (C=O) groups is 2. The molecule has 0 bridgehead atoms. The molecule has 5 nitrogen and oxygen atoms in total. The maximum absolute atomic E-state index is 11.9. The lowest BCUT2D eigenvalue weighted by Gasteiger charge is -2.11. The van der Waals surface area contributed by atoms with Crippen molar-refractivity contribution in [1.82, 2.24) is 5.32 Å². The average Bonchev–Trinajstić information content (AvgIpc) is 2.55. The van der Waals surface area contributed by atoms with Crippen LogP contribution in [0.25, 0.3) is 0 Å². The molecule has 2 N–H and O–H groups in total. The van der Waals surface area contributed by atoms with E-state index < -0.39 is 0 Å². The van der Waals surface area contributed by atoms with Crippen molar-refractivity contribution in [2.24, 2.45) is 0 Å². The molecule has 0 aliphatic rings. The Morgan fingerprint density at radius 3 is 2.48 bits per heavy atom. The van der Waals surface area contributed by atoms with Gasteiger partial charge in [-0.3, -0.25) is 9.59 Å². The first-order chi connectivity index (χ1) is 11.1. The first kappa shape index (κ1) is 17.0. The van der Waals surface area contributed by atoms with E-state index in [1.54, 1.807) is 36.4 Å². The summed E-state index contributed by atoms with van der Waals surface area (Å²) in [5, 5.41) is 5.44. The van der Waals surface area contributed by atoms with E-state index in [0.717, 1.165) is 4.47 Å². The zero-order valence-corrected chi connectivity index (χ0v) is 14.2. The first-order valence-electron chi connectivity index (χ1n) is 7.15. The summed E-state index contributed by atoms with van der Waals surface area (Å²) in [4.78, 5) is 23.9. The van der Waals surface area contributed by atoms with Gasteiger partial charge < -0.3 is 15.4 Å². The first-order valence-corrected chi connectivity index (χ1v) is 7.95. The summed E-state index contributed by atoms with van der Waals surface area (Å²) in [6.07, 6.45) is 0. The van der Waals surface area contributed by atoms with Crippen LogP contribution in [0.5, 0.6) is 5.75 Å². The quantitative estimate of drug-likeness (QED) is 0.813. The minimum Gasteiger partial charge on any atom is -0.483 e. The molecule has 0 saturated heterocycles. The molecule has 0 heterocycles. The van der Waals surface area contributed by atoms with Crippen molar-refractivity contribution >= 4 is 33.4 Å². The van der Waals surface area contributed by atoms with Gasteiger partial charge in [0.15, 0.2) is 6.61 Å². The predicted molar refractivity (Wildman–Crippen MR) is 92.7 cm³/mol. The minimum absolute atomic E-state index is 0.174. The summed E-state index contributed by atoms with van der Waals surface area (Å²) in [6.45, 7) is 2.19. The van der Waals surface area contributed by atoms with Gasteiger partial charge in [0.05, 0.1) is 5.56 Å². The van der Waals surface area contributed by atoms with Gasteiger partial charge in [-0.05, 0) is 43.3 Å². The molecule has 23 heavy (non-hydrogen) atoms. The van der Waals surface area contributed by atoms with Crippen molar-refractivity contribution in [2.75, 3.05) is 18.5 Å². The Kier molecular flexibility index (Phi) is 6.17. The lowest BCUT2D eigenvalue weighted by molar-refractivity contribution is -0.118. The summed E-state index contributed by atoms with van der Waals surface area (Å²) in [5.41, 5.74) is 1.09. The van der Waals surface area contributed by atoms with Crippen LogP contribution in [0.15, 0.2) is 53.0 Å². The average molecular weight is 377 g/mol. The Bertz CT molecular complexity index is 686. The molecule has 0 saturated carbocycles. The number of para-hydroxylation sites is 1. The summed E-state index contributed by atoms with van der Waals surface area (Å²) < 4.78 is 6.41. The number of hydrogen-bond donors (Lipinski definition) is 2. The molecular weight excluding hydrogens is 360 g/mol. The third-order valence-electron chi connectivity index (χ3n) is 2.96. The number of carbonyl (C=O) groups excluding carboxylic acids is 2. The molecule has 2 aromatic rings. The molecule has 6 heteroatoms. The van der Waals surface area contributed by atoms with E-state index in [1.165, 1.54) is 0 Å². The van der Waals surface area contributed by atoms with Gasteiger partial charge in [-0.2, -0.15) is 0 Å². The van der Waals surface area contributed by atoms with Crippen LogP contribution < -0.4 is 15.4 Å². The normalized spacial score (nSPS) is 10.0. The Labute approximate surface area is 143 Å². The third kappa shape index (κ3) is 5.10. The molecule has 0 atom stereocenters. The van der Waals surface area contributed by atoms with Crippen LogP contribution in [0, 0.1) is 0 Å². The molecule has 2 amide bonds. The molecule has 0 aliphatic carbocycles. The molecule has 0 aromatic heterocycles. The molecule has 0 aliphatic heterocycles. The fourth-order valence-electron chi connectivity index (χ4n) is 1.91. The zero-order valence-electron chi connectivity index (χ0n) is 12.6. The molecule has 120 valence electrons. The number of rotatable bonds is 6. The second kappa shape index (κ2) is 8.33. The Hall–Kier alpha value is -2.34. The van der Waals surface area contributed by atoms with Crippen molar-refractivity contribution in [3.05, 3.63) is 58.6 Å². The van der Waals surface area contributed by atoms with Crippen molar-refractivity contribution in [1.29, 1.82) is 0 Å². The van der Waals surface area contributed by atoms with Gasteiger partial charge in [0.2, 0.25) is 0 Å². The van der Waals surface area contributed by atoms with Gasteiger partial charge in [0.1, 0.15) is 5.75 Å². The van der Waals surface area contributed by atoms with Crippen molar-refractivity contribution < 1.29 is 14.3 Å². The summed E-state index contributed by atoms with van der Waals surface area (Å²) in [5.74, 6) is -0.140. The predicted octanol–water partition coefficient (Wildman–Crippen LogP) is 3.22. The number of anilines is 1. The van der Waals surface area contributed by atoms with E-state index in [9.17, 15) is 9.59 Å². The van der Waals surface area contributed by atoms with Gasteiger partial charge in [-0.25, -0.2) is 0 Å². The van der Waals surface area contributed by atoms with Gasteiger partial charge in [-0.15, -0.1) is 0 Å². The fraction of sp³-hybridized carbons (Fsp3) is 0.176. The lowest BCUT2D eigenvalue weighted by atomic mass is 10.2. The van der Waals surface area contributed by atoms with Crippen LogP contribution >= 0.6 is 15.9 Å². The summed E-state index contributed by atoms with van der Waals surface area (Å²) in [7, 11) is 0. The Balaban J connectivity index is 1.96. The van der Waals surface area contributed by atoms with E-state index in [-0.39, 0.29) is 18.4 Å². The SMILES string of the molecule is CCNC(=O)c1ccccc1OCC(=O)Nc1ccc(Br)cc1. The Morgan fingerprint density at radius 2 is 1.78 bits per heavy atom. The Morgan fingerprint density at radius 1 is 1.09 bits per heavy atom. The second-order valence-corrected chi connectivity index (χ2v) is 5.62. The smallest absolute Gasteiger partial charge is 0.262 e. The highest BCUT2D eigenvalue weighted by molar-refractivity contribution is 9.10. The summed E-state index contributed by atoms with van der Waals surface area (Å²) >= 11 is 3.33. The van der Waals surface area contributed by atoms with Gasteiger partial charge in [-0.1, -0.05) is 28.1 Å². The van der Waals surface area contributed by atoms with Crippen molar-refractivity contribution in [2.45, 2.75) is 6.92 Å². The van der Waals surface area contributed by atoms with Crippen LogP contribution in [0.4, 0.5) is 5.69 Å². The number of ether oxygens (including phenoxy) is 1.